The first-order valence-corrected chi connectivity index (χ1v) is 14.4. The smallest absolute Gasteiger partial charge is 0.325 e. The second-order valence-electron chi connectivity index (χ2n) is 10.5. The van der Waals surface area contributed by atoms with E-state index in [-0.39, 0.29) is 6.42 Å². The van der Waals surface area contributed by atoms with Crippen LogP contribution in [0.1, 0.15) is 31.7 Å². The van der Waals surface area contributed by atoms with Gasteiger partial charge in [-0.1, -0.05) is 30.3 Å². The van der Waals surface area contributed by atoms with Crippen molar-refractivity contribution in [3.05, 3.63) is 35.9 Å². The molecule has 0 aliphatic heterocycles. The number of primary amides is 1. The third-order valence-electron chi connectivity index (χ3n) is 6.31. The van der Waals surface area contributed by atoms with Gasteiger partial charge in [0, 0.05) is 6.42 Å². The maximum atomic E-state index is 13.1. The molecule has 5 atom stereocenters. The molecule has 21 heteroatoms. The Bertz CT molecular complexity index is 1420. The van der Waals surface area contributed by atoms with E-state index in [1.807, 2.05) is 10.6 Å². The van der Waals surface area contributed by atoms with Crippen molar-refractivity contribution in [3.63, 3.8) is 0 Å². The summed E-state index contributed by atoms with van der Waals surface area (Å²) >= 11 is 0. The summed E-state index contributed by atoms with van der Waals surface area (Å²) in [7, 11) is 0. The number of benzene rings is 1. The molecule has 1 rings (SSSR count). The average molecular weight is 695 g/mol. The Morgan fingerprint density at radius 2 is 1.10 bits per heavy atom. The van der Waals surface area contributed by atoms with Gasteiger partial charge in [-0.3, -0.25) is 47.9 Å². The average Bonchev–Trinajstić information content (AvgIpc) is 3.00. The first kappa shape index (κ1) is 40.9. The number of nitrogens with two attached hydrogens (primary N) is 2. The Morgan fingerprint density at radius 3 is 1.57 bits per heavy atom. The van der Waals surface area contributed by atoms with E-state index < -0.39 is 122 Å². The standard InChI is InChI=1S/C28H38N8O13/c1-13(28(48)49)33-26(46)16(7-14-5-3-2-4-6-14)36-27(47)18(10-23(42)43)35-21(39)12-32-25(45)17(9-22(40)41)34-20(38)11-31-24(44)15(29)8-19(30)37/h2-6,13,15-18H,7-12,29H2,1H3,(H2,30,37)(H,31,44)(H,32,45)(H,33,46)(H,34,38)(H,35,39)(H,36,47)(H,40,41)(H,42,43)(H,48,49)/t13-,15-,16-,17-,18-/m0/s1. The highest BCUT2D eigenvalue weighted by atomic mass is 16.4. The van der Waals surface area contributed by atoms with E-state index in [2.05, 4.69) is 21.3 Å². The number of carbonyl (C=O) groups is 10. The number of hydrogen-bond acceptors (Lipinski definition) is 11. The number of rotatable bonds is 21. The molecule has 1 aromatic rings. The van der Waals surface area contributed by atoms with Crippen LogP contribution in [0.3, 0.4) is 0 Å². The van der Waals surface area contributed by atoms with E-state index in [0.717, 1.165) is 0 Å². The summed E-state index contributed by atoms with van der Waals surface area (Å²) in [5.74, 6) is -11.7. The summed E-state index contributed by atoms with van der Waals surface area (Å²) in [6.45, 7) is -0.533. The Kier molecular flexibility index (Phi) is 16.9. The largest absolute Gasteiger partial charge is 0.481 e. The molecule has 0 aliphatic carbocycles. The highest BCUT2D eigenvalue weighted by Crippen LogP contribution is 2.06. The molecule has 49 heavy (non-hydrogen) atoms. The SMILES string of the molecule is C[C@H](NC(=O)[C@H](Cc1ccccc1)NC(=O)[C@H](CC(=O)O)NC(=O)CNC(=O)[C@H](CC(=O)O)NC(=O)CNC(=O)[C@@H](N)CC(N)=O)C(=O)O. The fraction of sp³-hybridized carbons (Fsp3) is 0.429. The molecule has 0 saturated carbocycles. The molecule has 0 radical (unpaired) electrons. The van der Waals surface area contributed by atoms with Crippen molar-refractivity contribution in [1.29, 1.82) is 0 Å². The number of hydrogen-bond donors (Lipinski definition) is 11. The summed E-state index contributed by atoms with van der Waals surface area (Å²) in [5.41, 5.74) is 10.9. The van der Waals surface area contributed by atoms with Gasteiger partial charge in [-0.05, 0) is 12.5 Å². The van der Waals surface area contributed by atoms with E-state index in [1.165, 1.54) is 6.92 Å². The fourth-order valence-corrected chi connectivity index (χ4v) is 3.86. The molecule has 1 aromatic carbocycles. The Hall–Kier alpha value is -6.12. The van der Waals surface area contributed by atoms with Crippen molar-refractivity contribution >= 4 is 59.3 Å². The maximum absolute atomic E-state index is 13.1. The van der Waals surface area contributed by atoms with Gasteiger partial charge in [0.2, 0.25) is 41.4 Å². The Labute approximate surface area is 277 Å². The molecule has 0 aromatic heterocycles. The third-order valence-corrected chi connectivity index (χ3v) is 6.31. The number of carboxylic acids is 3. The molecular weight excluding hydrogens is 656 g/mol. The number of amides is 7. The Balaban J connectivity index is 2.93. The van der Waals surface area contributed by atoms with Crippen molar-refractivity contribution in [2.24, 2.45) is 11.5 Å². The minimum Gasteiger partial charge on any atom is -0.481 e. The van der Waals surface area contributed by atoms with Crippen LogP contribution < -0.4 is 43.4 Å². The summed E-state index contributed by atoms with van der Waals surface area (Å²) in [4.78, 5) is 120. The molecule has 7 amide bonds. The van der Waals surface area contributed by atoms with Crippen molar-refractivity contribution < 1.29 is 63.3 Å². The second kappa shape index (κ2) is 20.2. The molecule has 21 nitrogen and oxygen atoms in total. The molecule has 0 heterocycles. The van der Waals surface area contributed by atoms with Crippen LogP contribution in [0, 0.1) is 0 Å². The normalized spacial score (nSPS) is 13.5. The summed E-state index contributed by atoms with van der Waals surface area (Å²) in [6.07, 6.45) is -2.62. The Morgan fingerprint density at radius 1 is 0.633 bits per heavy atom. The topological polar surface area (TPSA) is 356 Å². The molecule has 0 spiro atoms. The lowest BCUT2D eigenvalue weighted by Crippen LogP contribution is -2.57. The van der Waals surface area contributed by atoms with Crippen LogP contribution in [0.4, 0.5) is 0 Å². The predicted octanol–water partition coefficient (Wildman–Crippen LogP) is -5.34. The lowest BCUT2D eigenvalue weighted by molar-refractivity contribution is -0.143. The molecule has 0 saturated heterocycles. The van der Waals surface area contributed by atoms with Gasteiger partial charge in [0.05, 0.1) is 38.4 Å². The van der Waals surface area contributed by atoms with E-state index >= 15 is 0 Å². The van der Waals surface area contributed by atoms with Crippen molar-refractivity contribution in [3.8, 4) is 0 Å². The summed E-state index contributed by atoms with van der Waals surface area (Å²) in [6, 6.07) is 0.503. The van der Waals surface area contributed by atoms with E-state index in [4.69, 9.17) is 21.7 Å². The lowest BCUT2D eigenvalue weighted by atomic mass is 10.0. The monoisotopic (exact) mass is 694 g/mol. The van der Waals surface area contributed by atoms with Crippen molar-refractivity contribution in [1.82, 2.24) is 31.9 Å². The molecular formula is C28H38N8O13. The first-order chi connectivity index (χ1) is 22.9. The van der Waals surface area contributed by atoms with Gasteiger partial charge in [-0.2, -0.15) is 0 Å². The third kappa shape index (κ3) is 16.3. The van der Waals surface area contributed by atoms with E-state index in [0.29, 0.717) is 5.56 Å². The maximum Gasteiger partial charge on any atom is 0.325 e. The highest BCUT2D eigenvalue weighted by Gasteiger charge is 2.31. The zero-order chi connectivity index (χ0) is 37.3. The van der Waals surface area contributed by atoms with Gasteiger partial charge in [0.25, 0.3) is 0 Å². The van der Waals surface area contributed by atoms with Crippen LogP contribution in [-0.2, 0) is 54.4 Å². The van der Waals surface area contributed by atoms with Crippen molar-refractivity contribution in [2.75, 3.05) is 13.1 Å². The van der Waals surface area contributed by atoms with Crippen LogP contribution in [0.15, 0.2) is 30.3 Å². The number of carbonyl (C=O) groups excluding carboxylic acids is 7. The van der Waals surface area contributed by atoms with E-state index in [9.17, 15) is 53.1 Å². The van der Waals surface area contributed by atoms with Gasteiger partial charge in [-0.25, -0.2) is 0 Å². The minimum absolute atomic E-state index is 0.144. The number of carboxylic acid groups (broad SMARTS) is 3. The van der Waals surface area contributed by atoms with Gasteiger partial charge in [0.15, 0.2) is 0 Å². The second-order valence-corrected chi connectivity index (χ2v) is 10.5. The van der Waals surface area contributed by atoms with Crippen molar-refractivity contribution in [2.45, 2.75) is 62.8 Å². The zero-order valence-corrected chi connectivity index (χ0v) is 26.1. The summed E-state index contributed by atoms with van der Waals surface area (Å²) < 4.78 is 0. The van der Waals surface area contributed by atoms with Crippen LogP contribution in [0.2, 0.25) is 0 Å². The van der Waals surface area contributed by atoms with Crippen LogP contribution in [0.5, 0.6) is 0 Å². The van der Waals surface area contributed by atoms with E-state index in [1.54, 1.807) is 30.3 Å². The van der Waals surface area contributed by atoms with Gasteiger partial charge in [0.1, 0.15) is 24.2 Å². The quantitative estimate of drug-likeness (QED) is 0.0572. The number of aliphatic carboxylic acids is 3. The molecule has 268 valence electrons. The van der Waals surface area contributed by atoms with Crippen LogP contribution in [0.25, 0.3) is 0 Å². The zero-order valence-electron chi connectivity index (χ0n) is 26.1. The van der Waals surface area contributed by atoms with Crippen LogP contribution in [-0.4, -0.2) is 118 Å². The summed E-state index contributed by atoms with van der Waals surface area (Å²) in [5, 5.41) is 40.3. The fourth-order valence-electron chi connectivity index (χ4n) is 3.86. The molecule has 13 N–H and O–H groups in total. The van der Waals surface area contributed by atoms with Crippen LogP contribution >= 0.6 is 0 Å². The van der Waals surface area contributed by atoms with Gasteiger partial charge in [-0.15, -0.1) is 0 Å². The molecule has 0 fully saturated rings. The van der Waals surface area contributed by atoms with Gasteiger partial charge >= 0.3 is 17.9 Å². The number of nitrogens with one attached hydrogen (secondary N) is 6. The molecule has 0 aliphatic rings. The molecule has 0 unspecified atom stereocenters. The van der Waals surface area contributed by atoms with Gasteiger partial charge < -0.3 is 58.7 Å². The lowest BCUT2D eigenvalue weighted by Gasteiger charge is -2.23. The minimum atomic E-state index is -1.80. The molecule has 0 bridgehead atoms. The predicted molar refractivity (Wildman–Crippen MR) is 163 cm³/mol. The highest BCUT2D eigenvalue weighted by molar-refractivity contribution is 5.97. The first-order valence-electron chi connectivity index (χ1n) is 14.4.